The van der Waals surface area contributed by atoms with Crippen molar-refractivity contribution in [2.75, 3.05) is 0 Å². The predicted octanol–water partition coefficient (Wildman–Crippen LogP) is 9.88. The van der Waals surface area contributed by atoms with Crippen molar-refractivity contribution in [2.24, 2.45) is 5.92 Å². The highest BCUT2D eigenvalue weighted by molar-refractivity contribution is 6.74. The second-order valence-corrected chi connectivity index (χ2v) is 13.3. The molecule has 3 rings (SSSR count). The molecule has 0 aromatic carbocycles. The van der Waals surface area contributed by atoms with Gasteiger partial charge in [0.2, 0.25) is 7.28 Å². The third-order valence-electron chi connectivity index (χ3n) is 9.49. The summed E-state index contributed by atoms with van der Waals surface area (Å²) in [6.07, 6.45) is 31.5. The van der Waals surface area contributed by atoms with Crippen molar-refractivity contribution < 1.29 is 4.79 Å². The van der Waals surface area contributed by atoms with Crippen LogP contribution in [0.2, 0.25) is 17.5 Å². The Kier molecular flexibility index (Phi) is 13.7. The summed E-state index contributed by atoms with van der Waals surface area (Å²) < 4.78 is 0. The zero-order chi connectivity index (χ0) is 24.8. The monoisotopic (exact) mass is 481 g/mol. The van der Waals surface area contributed by atoms with E-state index in [1.807, 2.05) is 7.28 Å². The summed E-state index contributed by atoms with van der Waals surface area (Å²) >= 11 is 0. The first-order valence-electron chi connectivity index (χ1n) is 16.0. The van der Waals surface area contributed by atoms with Gasteiger partial charge >= 0.3 is 0 Å². The van der Waals surface area contributed by atoms with Crippen molar-refractivity contribution in [1.29, 1.82) is 0 Å². The normalized spacial score (nSPS) is 27.1. The first-order chi connectivity index (χ1) is 17.0. The average Bonchev–Trinajstić information content (AvgIpc) is 2.90. The fourth-order valence-corrected chi connectivity index (χ4v) is 7.22. The minimum atomic E-state index is -0.0943. The predicted molar refractivity (Wildman–Crippen MR) is 155 cm³/mol. The number of amides is 1. The van der Waals surface area contributed by atoms with E-state index in [1.54, 1.807) is 0 Å². The third-order valence-corrected chi connectivity index (χ3v) is 9.49. The summed E-state index contributed by atoms with van der Waals surface area (Å²) in [7, 11) is 4.84. The van der Waals surface area contributed by atoms with Gasteiger partial charge in [0, 0.05) is 5.54 Å². The van der Waals surface area contributed by atoms with E-state index in [4.69, 9.17) is 0 Å². The maximum Gasteiger partial charge on any atom is 0.236 e. The molecule has 0 aromatic rings. The quantitative estimate of drug-likeness (QED) is 0.344. The zero-order valence-corrected chi connectivity index (χ0v) is 23.6. The van der Waals surface area contributed by atoms with E-state index in [2.05, 4.69) is 26.4 Å². The maximum absolute atomic E-state index is 12.8. The van der Waals surface area contributed by atoms with Crippen molar-refractivity contribution in [1.82, 2.24) is 5.32 Å². The van der Waals surface area contributed by atoms with Crippen LogP contribution in [0.4, 0.5) is 4.79 Å². The van der Waals surface area contributed by atoms with Crippen LogP contribution in [0, 0.1) is 5.92 Å². The third kappa shape index (κ3) is 12.6. The standard InChI is InChI=1S/C31H57B2NO/c1-31(2,34-30(35)33-29-20-12-6-3-4-7-13-21-29)25-24-26-16-14-22-28(23-15-17-26)32-27-18-10-8-5-9-11-19-27/h26-29H,3-25H2,1-2H3,(H,34,35). The zero-order valence-electron chi connectivity index (χ0n) is 23.6. The summed E-state index contributed by atoms with van der Waals surface area (Å²) in [4.78, 5) is 12.8. The Labute approximate surface area is 220 Å². The molecule has 0 bridgehead atoms. The molecule has 3 aliphatic rings. The molecule has 1 amide bonds. The number of carbonyl (C=O) groups excluding carboxylic acids is 1. The van der Waals surface area contributed by atoms with E-state index in [0.717, 1.165) is 24.0 Å². The summed E-state index contributed by atoms with van der Waals surface area (Å²) in [5.74, 6) is 3.31. The highest BCUT2D eigenvalue weighted by atomic mass is 16.1. The van der Waals surface area contributed by atoms with Gasteiger partial charge in [0.1, 0.15) is 7.28 Å². The van der Waals surface area contributed by atoms with Crippen LogP contribution < -0.4 is 5.32 Å². The van der Waals surface area contributed by atoms with Crippen LogP contribution in [0.15, 0.2) is 0 Å². The van der Waals surface area contributed by atoms with E-state index in [0.29, 0.717) is 5.82 Å². The molecular formula is C31H57B2NO. The fraction of sp³-hybridized carbons (Fsp3) is 0.968. The van der Waals surface area contributed by atoms with Gasteiger partial charge in [-0.3, -0.25) is 4.79 Å². The number of hydrogen-bond acceptors (Lipinski definition) is 1. The average molecular weight is 481 g/mol. The van der Waals surface area contributed by atoms with Crippen LogP contribution in [0.25, 0.3) is 0 Å². The van der Waals surface area contributed by atoms with Crippen LogP contribution in [0.5, 0.6) is 0 Å². The molecule has 3 aliphatic carbocycles. The number of hydrogen-bond donors (Lipinski definition) is 1. The molecule has 0 heterocycles. The lowest BCUT2D eigenvalue weighted by Gasteiger charge is -2.31. The molecule has 198 valence electrons. The molecule has 4 heteroatoms. The molecule has 0 aromatic heterocycles. The van der Waals surface area contributed by atoms with Crippen LogP contribution in [0.1, 0.15) is 162 Å². The Morgan fingerprint density at radius 3 is 1.57 bits per heavy atom. The van der Waals surface area contributed by atoms with Gasteiger partial charge in [0.05, 0.1) is 0 Å². The molecule has 0 atom stereocenters. The van der Waals surface area contributed by atoms with Crippen molar-refractivity contribution in [2.45, 2.75) is 185 Å². The van der Waals surface area contributed by atoms with Crippen LogP contribution in [0.3, 0.4) is 0 Å². The lowest BCUT2D eigenvalue weighted by molar-refractivity contribution is 0.241. The second kappa shape index (κ2) is 16.4. The minimum Gasteiger partial charge on any atom is -0.360 e. The van der Waals surface area contributed by atoms with Gasteiger partial charge in [-0.15, -0.1) is 0 Å². The van der Waals surface area contributed by atoms with E-state index >= 15 is 0 Å². The number of nitrogens with one attached hydrogen (secondary N) is 1. The minimum absolute atomic E-state index is 0.0943. The van der Waals surface area contributed by atoms with Gasteiger partial charge in [-0.1, -0.05) is 152 Å². The Hall–Kier alpha value is -0.400. The van der Waals surface area contributed by atoms with Crippen molar-refractivity contribution in [3.8, 4) is 0 Å². The molecule has 0 unspecified atom stereocenters. The van der Waals surface area contributed by atoms with Gasteiger partial charge in [0.15, 0.2) is 5.81 Å². The van der Waals surface area contributed by atoms with E-state index in [1.165, 1.54) is 141 Å². The van der Waals surface area contributed by atoms with Gasteiger partial charge in [0.25, 0.3) is 0 Å². The summed E-state index contributed by atoms with van der Waals surface area (Å²) in [5, 5.41) is 3.39. The summed E-state index contributed by atoms with van der Waals surface area (Å²) in [6.45, 7) is 4.48. The molecule has 2 nitrogen and oxygen atoms in total. The number of carbonyl (C=O) groups is 1. The van der Waals surface area contributed by atoms with E-state index in [-0.39, 0.29) is 11.3 Å². The van der Waals surface area contributed by atoms with Gasteiger partial charge in [-0.2, -0.15) is 0 Å². The molecule has 3 saturated carbocycles. The molecule has 0 saturated heterocycles. The molecular weight excluding hydrogens is 424 g/mol. The Balaban J connectivity index is 1.33. The molecule has 0 spiro atoms. The van der Waals surface area contributed by atoms with E-state index in [9.17, 15) is 4.79 Å². The topological polar surface area (TPSA) is 29.1 Å². The summed E-state index contributed by atoms with van der Waals surface area (Å²) in [6, 6.07) is 0. The van der Waals surface area contributed by atoms with E-state index < -0.39 is 0 Å². The lowest BCUT2D eigenvalue weighted by Crippen LogP contribution is -2.45. The van der Waals surface area contributed by atoms with Gasteiger partial charge < -0.3 is 5.32 Å². The lowest BCUT2D eigenvalue weighted by atomic mass is 9.49. The highest BCUT2D eigenvalue weighted by Gasteiger charge is 2.26. The molecule has 1 N–H and O–H groups in total. The van der Waals surface area contributed by atoms with Gasteiger partial charge in [-0.25, -0.2) is 0 Å². The van der Waals surface area contributed by atoms with Crippen LogP contribution >= 0.6 is 0 Å². The maximum atomic E-state index is 12.8. The summed E-state index contributed by atoms with van der Waals surface area (Å²) in [5.41, 5.74) is -0.0943. The van der Waals surface area contributed by atoms with Crippen molar-refractivity contribution in [3.63, 3.8) is 0 Å². The fourth-order valence-electron chi connectivity index (χ4n) is 7.22. The van der Waals surface area contributed by atoms with Crippen LogP contribution in [-0.2, 0) is 0 Å². The molecule has 2 radical (unpaired) electrons. The highest BCUT2D eigenvalue weighted by Crippen LogP contribution is 2.37. The van der Waals surface area contributed by atoms with Crippen molar-refractivity contribution in [3.05, 3.63) is 0 Å². The Bertz CT molecular complexity index is 552. The number of rotatable bonds is 8. The SMILES string of the molecule is CC(C)(CCC1CCCC([B]C2CCCCCCC2)CCC1)NC(=O)[B]C1CCCCCCCC1. The first-order valence-corrected chi connectivity index (χ1v) is 16.0. The smallest absolute Gasteiger partial charge is 0.236 e. The van der Waals surface area contributed by atoms with Crippen LogP contribution in [-0.4, -0.2) is 25.9 Å². The molecule has 3 fully saturated rings. The first kappa shape index (κ1) is 29.2. The Morgan fingerprint density at radius 1 is 0.629 bits per heavy atom. The second-order valence-electron chi connectivity index (χ2n) is 13.3. The largest absolute Gasteiger partial charge is 0.360 e. The molecule has 35 heavy (non-hydrogen) atoms. The van der Waals surface area contributed by atoms with Gasteiger partial charge in [-0.05, 0) is 32.6 Å². The molecule has 0 aliphatic heterocycles. The van der Waals surface area contributed by atoms with Crippen molar-refractivity contribution >= 4 is 20.4 Å². The Morgan fingerprint density at radius 2 is 1.06 bits per heavy atom.